The van der Waals surface area contributed by atoms with Gasteiger partial charge in [-0.05, 0) is 153 Å². The lowest BCUT2D eigenvalue weighted by Gasteiger charge is -2.18. The minimum Gasteiger partial charge on any atom is -0.396 e. The lowest BCUT2D eigenvalue weighted by Crippen LogP contribution is -2.21. The number of fused-ring (bicyclic) bond motifs is 5. The van der Waals surface area contributed by atoms with Gasteiger partial charge in [-0.15, -0.1) is 113 Å². The number of sulfonamides is 1. The summed E-state index contributed by atoms with van der Waals surface area (Å²) < 4.78 is 96.9. The summed E-state index contributed by atoms with van der Waals surface area (Å²) in [6, 6.07) is 35.2. The van der Waals surface area contributed by atoms with Crippen LogP contribution in [0, 0.1) is 13.8 Å². The molecular weight excluding hydrogens is 2200 g/mol. The maximum atomic E-state index is 12.9. The number of aliphatic hydroxyl groups is 2. The van der Waals surface area contributed by atoms with E-state index < -0.39 is 75.7 Å². The smallest absolute Gasteiger partial charge is 0.209 e. The van der Waals surface area contributed by atoms with E-state index in [1.54, 1.807) is 74.4 Å². The number of nitrogens with zero attached hydrogens (tertiary/aromatic N) is 14. The molecule has 45 heteroatoms. The number of hydrogen-bond acceptors (Lipinski definition) is 36. The van der Waals surface area contributed by atoms with Crippen molar-refractivity contribution in [3.63, 3.8) is 0 Å². The predicted octanol–water partition coefficient (Wildman–Crippen LogP) is 25.3. The number of benzene rings is 3. The van der Waals surface area contributed by atoms with Gasteiger partial charge in [-0.25, -0.2) is 68.0 Å². The standard InChI is InChI=1S/C23H25N3O2S3.C22H24N4O3S4.C22H23N3O2S3.C20H23N5OS3.C18H19N5OS3/c1-4-5-12-31(28)22-19(24)18-16(14-6-8-15(9-7-14)23(2,3)27)13-17(26-21(18)30-22)20-25-10-11-29-20;1-3-4-11-32(27)22-19(23)18-16(12-17(26-21(18)31-22)20-24-9-10-30-20)15-7-5-14(6-8-15)13-25-33(2,28)29;1-3-4-11-30(27)22-19(23)18-16(15-7-5-14(6-8-15)13(2)26)12-17(25-21(18)29-22)20-24-9-10-28-20;1-5-6-7-29(26)20-17(21)16-13(15-9-22-12(3)25(15)4)8-14(24-19(16)28-20)18-23-11(2)10-27-18;1-3-4-9-27(24)18-15(19)14-11(13-5-6-21-23(13)2)10-12(22-17(14)26-18)16-20-7-8-25-16/h6-11,13,27H,4-5,12,24H2,1-3H3;5-10,12,25H,3-4,11,13,23H2,1-2H3;5-10,12-13,26H,3-4,11,23H2,1-2H3;8-10H,5-7,21H2,1-4H3;5-8,10H,3-4,9,19H2,1-2H3. The molecule has 0 fully saturated rings. The SMILES string of the molecule is CCCCS(=O)c1sc2nc(-c3nc(C)cs3)cc(-c3cnc(C)n3C)c2c1N.CCCCS(=O)c1sc2nc(-c3nccs3)cc(-c3ccc(C(C)(C)O)cc3)c2c1N.CCCCS(=O)c1sc2nc(-c3nccs3)cc(-c3ccc(C(C)O)cc3)c2c1N.CCCCS(=O)c1sc2nc(-c3nccs3)cc(-c3ccc(CNS(C)(=O)=O)cc3)c2c1N.CCCCS(=O)c1sc2nc(-c3nccs3)cc(-c3ccnn3C)c2c1N. The highest BCUT2D eigenvalue weighted by Gasteiger charge is 2.31. The summed E-state index contributed by atoms with van der Waals surface area (Å²) in [7, 11) is -5.08. The van der Waals surface area contributed by atoms with Gasteiger partial charge in [-0.3, -0.25) is 25.7 Å². The molecule has 17 heterocycles. The largest absolute Gasteiger partial charge is 0.396 e. The average Bonchev–Trinajstić information content (AvgIpc) is 1.61. The van der Waals surface area contributed by atoms with E-state index in [4.69, 9.17) is 53.6 Å². The third kappa shape index (κ3) is 25.7. The van der Waals surface area contributed by atoms with Crippen LogP contribution in [0.1, 0.15) is 154 Å². The number of aliphatic hydroxyl groups excluding tert-OH is 1. The number of hydrogen-bond donors (Lipinski definition) is 8. The van der Waals surface area contributed by atoms with Crippen LogP contribution in [0.2, 0.25) is 0 Å². The van der Waals surface area contributed by atoms with Crippen molar-refractivity contribution in [2.75, 3.05) is 63.7 Å². The number of aryl methyl sites for hydroxylation is 3. The molecule has 6 atom stereocenters. The Hall–Kier alpha value is -10.6. The Kier molecular flexibility index (Phi) is 37.4. The Morgan fingerprint density at radius 1 is 0.413 bits per heavy atom. The Balaban J connectivity index is 0.000000134. The number of nitrogens with two attached hydrogens (primary N) is 5. The van der Waals surface area contributed by atoms with Crippen molar-refractivity contribution >= 4 is 257 Å². The van der Waals surface area contributed by atoms with E-state index in [0.29, 0.717) is 78.2 Å². The van der Waals surface area contributed by atoms with E-state index in [-0.39, 0.29) is 6.54 Å². The van der Waals surface area contributed by atoms with E-state index >= 15 is 0 Å². The predicted molar refractivity (Wildman–Crippen MR) is 634 cm³/mol. The molecule has 20 aromatic rings. The minimum atomic E-state index is -3.27. The molecule has 17 aromatic heterocycles. The lowest BCUT2D eigenvalue weighted by atomic mass is 9.94. The van der Waals surface area contributed by atoms with Gasteiger partial charge in [0.25, 0.3) is 0 Å². The maximum Gasteiger partial charge on any atom is 0.209 e. The first kappa shape index (κ1) is 112. The van der Waals surface area contributed by atoms with Gasteiger partial charge in [0.15, 0.2) is 0 Å². The molecular formula is C105H114N20O9S16. The first-order valence-corrected chi connectivity index (χ1v) is 65.2. The summed E-state index contributed by atoms with van der Waals surface area (Å²) in [5, 5.41) is 42.5. The van der Waals surface area contributed by atoms with Crippen LogP contribution in [0.5, 0.6) is 0 Å². The van der Waals surface area contributed by atoms with Gasteiger partial charge < -0.3 is 43.4 Å². The molecule has 0 amide bonds. The van der Waals surface area contributed by atoms with Crippen LogP contribution >= 0.6 is 113 Å². The molecule has 0 saturated heterocycles. The lowest BCUT2D eigenvalue weighted by molar-refractivity contribution is 0.0786. The second kappa shape index (κ2) is 50.1. The van der Waals surface area contributed by atoms with Crippen LogP contribution in [-0.2, 0) is 90.3 Å². The number of unbranched alkanes of at least 4 members (excludes halogenated alkanes) is 5. The number of thiazole rings is 5. The van der Waals surface area contributed by atoms with E-state index in [0.717, 1.165) is 259 Å². The summed E-state index contributed by atoms with van der Waals surface area (Å²) in [4.78, 5) is 54.6. The molecule has 0 bridgehead atoms. The quantitative estimate of drug-likeness (QED) is 0.0183. The fourth-order valence-electron chi connectivity index (χ4n) is 16.1. The van der Waals surface area contributed by atoms with Crippen LogP contribution in [0.15, 0.2) is 194 Å². The zero-order valence-corrected chi connectivity index (χ0v) is 97.6. The number of pyridine rings is 5. The van der Waals surface area contributed by atoms with E-state index in [9.17, 15) is 39.7 Å². The summed E-state index contributed by atoms with van der Waals surface area (Å²) in [5.74, 6) is 3.93. The zero-order valence-electron chi connectivity index (χ0n) is 84.6. The molecule has 0 aliphatic heterocycles. The molecule has 20 rings (SSSR count). The number of nitrogen functional groups attached to an aromatic ring is 5. The second-order valence-corrected chi connectivity index (χ2v) is 55.8. The van der Waals surface area contributed by atoms with Crippen molar-refractivity contribution < 1.29 is 39.7 Å². The van der Waals surface area contributed by atoms with Crippen molar-refractivity contribution in [1.29, 1.82) is 0 Å². The normalized spacial score (nSPS) is 13.0. The van der Waals surface area contributed by atoms with Crippen molar-refractivity contribution in [2.45, 2.75) is 173 Å². The number of aromatic nitrogens is 14. The third-order valence-electron chi connectivity index (χ3n) is 24.2. The molecule has 0 aliphatic carbocycles. The highest BCUT2D eigenvalue weighted by molar-refractivity contribution is 7.89. The first-order valence-electron chi connectivity index (χ1n) is 48.3. The number of rotatable bonds is 35. The van der Waals surface area contributed by atoms with Crippen molar-refractivity contribution in [3.8, 4) is 109 Å². The molecule has 29 nitrogen and oxygen atoms in total. The zero-order chi connectivity index (χ0) is 107. The van der Waals surface area contributed by atoms with Crippen LogP contribution in [0.25, 0.3) is 160 Å². The Labute approximate surface area is 922 Å². The average molecular weight is 2310 g/mol. The number of imidazole rings is 1. The Bertz CT molecular complexity index is 8390. The van der Waals surface area contributed by atoms with Crippen LogP contribution in [0.3, 0.4) is 0 Å². The topological polar surface area (TPSA) is 467 Å². The van der Waals surface area contributed by atoms with Gasteiger partial charge in [0.05, 0.1) is 118 Å². The van der Waals surface area contributed by atoms with E-state index in [2.05, 4.69) is 74.3 Å². The monoisotopic (exact) mass is 2310 g/mol. The third-order valence-corrected chi connectivity index (χ3v) is 44.0. The molecule has 784 valence electrons. The molecule has 0 aliphatic rings. The van der Waals surface area contributed by atoms with Gasteiger partial charge in [0.1, 0.15) is 105 Å². The van der Waals surface area contributed by atoms with Gasteiger partial charge in [0, 0.05) is 151 Å². The summed E-state index contributed by atoms with van der Waals surface area (Å²) in [6.07, 6.45) is 20.7. The van der Waals surface area contributed by atoms with Crippen molar-refractivity contribution in [3.05, 3.63) is 201 Å². The first-order chi connectivity index (χ1) is 72.0. The minimum absolute atomic E-state index is 0.219. The Morgan fingerprint density at radius 3 is 1.00 bits per heavy atom. The summed E-state index contributed by atoms with van der Waals surface area (Å²) in [6.45, 7) is 19.9. The van der Waals surface area contributed by atoms with Crippen LogP contribution < -0.4 is 33.4 Å². The fraction of sp³-hybridized carbons (Fsp3) is 0.295. The number of thiophene rings is 5. The van der Waals surface area contributed by atoms with Gasteiger partial charge in [-0.2, -0.15) is 5.10 Å². The van der Waals surface area contributed by atoms with Crippen LogP contribution in [0.4, 0.5) is 28.4 Å². The highest BCUT2D eigenvalue weighted by atomic mass is 32.2. The summed E-state index contributed by atoms with van der Waals surface area (Å²) in [5.41, 5.74) is 51.2. The molecule has 3 aromatic carbocycles. The molecule has 150 heavy (non-hydrogen) atoms. The van der Waals surface area contributed by atoms with Gasteiger partial charge >= 0.3 is 0 Å². The van der Waals surface area contributed by atoms with Gasteiger partial charge in [-0.1, -0.05) is 140 Å². The molecule has 13 N–H and O–H groups in total. The highest BCUT2D eigenvalue weighted by Crippen LogP contribution is 2.51. The second-order valence-electron chi connectivity index (χ2n) is 35.7. The van der Waals surface area contributed by atoms with E-state index in [1.165, 1.54) is 90.7 Å². The van der Waals surface area contributed by atoms with Crippen molar-refractivity contribution in [1.82, 2.24) is 73.9 Å². The molecule has 0 saturated carbocycles. The fourth-order valence-corrected chi connectivity index (χ4v) is 33.7. The molecule has 0 spiro atoms. The van der Waals surface area contributed by atoms with Crippen molar-refractivity contribution in [2.24, 2.45) is 14.1 Å². The number of nitrogens with one attached hydrogen (secondary N) is 1. The number of anilines is 5. The van der Waals surface area contributed by atoms with Crippen LogP contribution in [-0.4, -0.2) is 144 Å². The Morgan fingerprint density at radius 2 is 0.727 bits per heavy atom. The summed E-state index contributed by atoms with van der Waals surface area (Å²) >= 11 is 14.7. The molecule has 6 unspecified atom stereocenters. The maximum absolute atomic E-state index is 12.9. The molecule has 0 radical (unpaired) electrons. The van der Waals surface area contributed by atoms with E-state index in [1.807, 2.05) is 179 Å². The van der Waals surface area contributed by atoms with Gasteiger partial charge in [0.2, 0.25) is 10.0 Å².